The van der Waals surface area contributed by atoms with Crippen LogP contribution < -0.4 is 4.90 Å². The van der Waals surface area contributed by atoms with E-state index in [1.54, 1.807) is 11.8 Å². The number of nitrogens with zero attached hydrogens (tertiary/aromatic N) is 2. The Morgan fingerprint density at radius 3 is 2.67 bits per heavy atom. The number of nitrogens with one attached hydrogen (secondary N) is 1. The SMILES string of the molecule is CCOC(=O)CC(=O)N(CC[NH+]1CCCC1)Cc1cc2ccccc2n1C. The van der Waals surface area contributed by atoms with Gasteiger partial charge in [0.2, 0.25) is 5.91 Å². The number of quaternary nitrogens is 1. The summed E-state index contributed by atoms with van der Waals surface area (Å²) < 4.78 is 7.09. The predicted octanol–water partition coefficient (Wildman–Crippen LogP) is 1.14. The van der Waals surface area contributed by atoms with Crippen LogP contribution in [0, 0.1) is 0 Å². The van der Waals surface area contributed by atoms with Crippen molar-refractivity contribution in [1.29, 1.82) is 0 Å². The van der Waals surface area contributed by atoms with E-state index in [1.165, 1.54) is 25.9 Å². The van der Waals surface area contributed by atoms with Crippen LogP contribution in [0.25, 0.3) is 10.9 Å². The van der Waals surface area contributed by atoms with Crippen molar-refractivity contribution in [1.82, 2.24) is 9.47 Å². The van der Waals surface area contributed by atoms with E-state index in [-0.39, 0.29) is 12.3 Å². The van der Waals surface area contributed by atoms with Gasteiger partial charge in [-0.3, -0.25) is 9.59 Å². The Balaban J connectivity index is 1.73. The fraction of sp³-hybridized carbons (Fsp3) is 0.524. The van der Waals surface area contributed by atoms with E-state index in [1.807, 2.05) is 24.1 Å². The number of esters is 1. The topological polar surface area (TPSA) is 56.0 Å². The van der Waals surface area contributed by atoms with Gasteiger partial charge >= 0.3 is 5.97 Å². The van der Waals surface area contributed by atoms with Crippen molar-refractivity contribution in [2.75, 3.05) is 32.8 Å². The molecule has 1 N–H and O–H groups in total. The van der Waals surface area contributed by atoms with Crippen molar-refractivity contribution in [3.63, 3.8) is 0 Å². The summed E-state index contributed by atoms with van der Waals surface area (Å²) in [5, 5.41) is 1.16. The van der Waals surface area contributed by atoms with Crippen molar-refractivity contribution in [3.8, 4) is 0 Å². The molecule has 1 aromatic heterocycles. The second-order valence-electron chi connectivity index (χ2n) is 7.26. The molecule has 1 amide bonds. The van der Waals surface area contributed by atoms with Gasteiger partial charge in [0.1, 0.15) is 6.42 Å². The third kappa shape index (κ3) is 4.89. The van der Waals surface area contributed by atoms with Gasteiger partial charge in [-0.05, 0) is 24.4 Å². The predicted molar refractivity (Wildman–Crippen MR) is 104 cm³/mol. The maximum Gasteiger partial charge on any atom is 0.315 e. The lowest BCUT2D eigenvalue weighted by Gasteiger charge is -2.24. The van der Waals surface area contributed by atoms with Crippen LogP contribution >= 0.6 is 0 Å². The normalized spacial score (nSPS) is 14.6. The van der Waals surface area contributed by atoms with Gasteiger partial charge in [0.15, 0.2) is 0 Å². The summed E-state index contributed by atoms with van der Waals surface area (Å²) in [5.41, 5.74) is 2.22. The number of carbonyl (C=O) groups is 2. The van der Waals surface area contributed by atoms with Gasteiger partial charge in [0, 0.05) is 31.1 Å². The molecule has 2 aromatic rings. The Hall–Kier alpha value is -2.34. The van der Waals surface area contributed by atoms with Crippen LogP contribution in [0.5, 0.6) is 0 Å². The van der Waals surface area contributed by atoms with Crippen LogP contribution in [0.15, 0.2) is 30.3 Å². The Kier molecular flexibility index (Phi) is 6.50. The molecule has 0 atom stereocenters. The first kappa shape index (κ1) is 19.4. The van der Waals surface area contributed by atoms with E-state index >= 15 is 0 Å². The maximum absolute atomic E-state index is 12.8. The molecule has 0 bridgehead atoms. The quantitative estimate of drug-likeness (QED) is 0.558. The summed E-state index contributed by atoms with van der Waals surface area (Å²) in [4.78, 5) is 27.9. The van der Waals surface area contributed by atoms with Crippen molar-refractivity contribution in [2.24, 2.45) is 7.05 Å². The number of carbonyl (C=O) groups excluding carboxylic acids is 2. The minimum Gasteiger partial charge on any atom is -0.466 e. The number of hydrogen-bond donors (Lipinski definition) is 1. The van der Waals surface area contributed by atoms with E-state index in [4.69, 9.17) is 4.74 Å². The zero-order valence-corrected chi connectivity index (χ0v) is 16.4. The van der Waals surface area contributed by atoms with Crippen molar-refractivity contribution in [2.45, 2.75) is 32.7 Å². The van der Waals surface area contributed by atoms with Gasteiger partial charge in [0.05, 0.1) is 39.3 Å². The molecule has 1 saturated heterocycles. The van der Waals surface area contributed by atoms with Crippen LogP contribution in [-0.2, 0) is 27.9 Å². The number of likely N-dealkylation sites (tertiary alicyclic amines) is 1. The fourth-order valence-corrected chi connectivity index (χ4v) is 3.85. The second kappa shape index (κ2) is 9.04. The molecule has 27 heavy (non-hydrogen) atoms. The molecule has 2 heterocycles. The van der Waals surface area contributed by atoms with Gasteiger partial charge in [0.25, 0.3) is 0 Å². The molecule has 0 unspecified atom stereocenters. The number of amides is 1. The zero-order chi connectivity index (χ0) is 19.2. The maximum atomic E-state index is 12.8. The largest absolute Gasteiger partial charge is 0.466 e. The number of para-hydroxylation sites is 1. The standard InChI is InChI=1S/C21H29N3O3/c1-3-27-21(26)15-20(25)24(13-12-23-10-6-7-11-23)16-18-14-17-8-4-5-9-19(17)22(18)2/h4-5,8-9,14H,3,6-7,10-13,15-16H2,1-2H3/p+1. The minimum absolute atomic E-state index is 0.155. The molecule has 1 fully saturated rings. The third-order valence-corrected chi connectivity index (χ3v) is 5.40. The number of rotatable bonds is 8. The number of ether oxygens (including phenoxy) is 1. The molecule has 6 heteroatoms. The number of benzene rings is 1. The molecule has 1 aliphatic rings. The summed E-state index contributed by atoms with van der Waals surface area (Å²) in [6.07, 6.45) is 2.33. The third-order valence-electron chi connectivity index (χ3n) is 5.40. The zero-order valence-electron chi connectivity index (χ0n) is 16.4. The molecule has 0 aliphatic carbocycles. The fourth-order valence-electron chi connectivity index (χ4n) is 3.85. The molecule has 146 valence electrons. The number of aryl methyl sites for hydroxylation is 1. The first-order valence-electron chi connectivity index (χ1n) is 9.88. The highest BCUT2D eigenvalue weighted by Gasteiger charge is 2.23. The Morgan fingerprint density at radius 2 is 1.96 bits per heavy atom. The lowest BCUT2D eigenvalue weighted by atomic mass is 10.2. The first-order valence-corrected chi connectivity index (χ1v) is 9.88. The highest BCUT2D eigenvalue weighted by atomic mass is 16.5. The van der Waals surface area contributed by atoms with Gasteiger partial charge in [-0.25, -0.2) is 0 Å². The van der Waals surface area contributed by atoms with Crippen molar-refractivity contribution >= 4 is 22.8 Å². The molecular formula is C21H30N3O3+. The Labute approximate surface area is 160 Å². The van der Waals surface area contributed by atoms with E-state index in [0.29, 0.717) is 19.7 Å². The highest BCUT2D eigenvalue weighted by Crippen LogP contribution is 2.19. The van der Waals surface area contributed by atoms with Crippen molar-refractivity contribution < 1.29 is 19.2 Å². The highest BCUT2D eigenvalue weighted by molar-refractivity contribution is 5.94. The van der Waals surface area contributed by atoms with Crippen LogP contribution in [0.3, 0.4) is 0 Å². The molecule has 3 rings (SSSR count). The van der Waals surface area contributed by atoms with Gasteiger partial charge in [-0.15, -0.1) is 0 Å². The average Bonchev–Trinajstić information content (AvgIpc) is 3.27. The first-order chi connectivity index (χ1) is 13.1. The van der Waals surface area contributed by atoms with E-state index in [0.717, 1.165) is 23.1 Å². The summed E-state index contributed by atoms with van der Waals surface area (Å²) in [5.74, 6) is -0.602. The number of hydrogen-bond acceptors (Lipinski definition) is 3. The monoisotopic (exact) mass is 372 g/mol. The molecule has 0 radical (unpaired) electrons. The van der Waals surface area contributed by atoms with Crippen LogP contribution in [0.4, 0.5) is 0 Å². The summed E-state index contributed by atoms with van der Waals surface area (Å²) in [7, 11) is 2.03. The van der Waals surface area contributed by atoms with Crippen LogP contribution in [0.2, 0.25) is 0 Å². The molecule has 1 aliphatic heterocycles. The van der Waals surface area contributed by atoms with E-state index < -0.39 is 5.97 Å². The summed E-state index contributed by atoms with van der Waals surface area (Å²) in [6.45, 7) is 6.51. The molecule has 1 aromatic carbocycles. The summed E-state index contributed by atoms with van der Waals surface area (Å²) >= 11 is 0. The smallest absolute Gasteiger partial charge is 0.315 e. The molecule has 6 nitrogen and oxygen atoms in total. The van der Waals surface area contributed by atoms with Gasteiger partial charge < -0.3 is 19.1 Å². The second-order valence-corrected chi connectivity index (χ2v) is 7.26. The van der Waals surface area contributed by atoms with Gasteiger partial charge in [-0.1, -0.05) is 18.2 Å². The lowest BCUT2D eigenvalue weighted by molar-refractivity contribution is -0.886. The minimum atomic E-state index is -0.446. The van der Waals surface area contributed by atoms with Crippen molar-refractivity contribution in [3.05, 3.63) is 36.0 Å². The molecule has 0 saturated carbocycles. The number of aromatic nitrogens is 1. The Morgan fingerprint density at radius 1 is 1.22 bits per heavy atom. The van der Waals surface area contributed by atoms with E-state index in [2.05, 4.69) is 22.8 Å². The Bertz CT molecular complexity index is 793. The average molecular weight is 372 g/mol. The molecular weight excluding hydrogens is 342 g/mol. The molecule has 0 spiro atoms. The summed E-state index contributed by atoms with van der Waals surface area (Å²) in [6, 6.07) is 10.3. The van der Waals surface area contributed by atoms with Crippen LogP contribution in [0.1, 0.15) is 31.9 Å². The van der Waals surface area contributed by atoms with E-state index in [9.17, 15) is 9.59 Å². The van der Waals surface area contributed by atoms with Gasteiger partial charge in [-0.2, -0.15) is 0 Å². The lowest BCUT2D eigenvalue weighted by Crippen LogP contribution is -3.10. The van der Waals surface area contributed by atoms with Crippen LogP contribution in [-0.4, -0.2) is 54.1 Å². The number of fused-ring (bicyclic) bond motifs is 1.